The van der Waals surface area contributed by atoms with Crippen LogP contribution in [0.1, 0.15) is 16.1 Å². The second-order valence-corrected chi connectivity index (χ2v) is 9.37. The number of carbonyl (C=O) groups is 2. The Hall–Kier alpha value is -2.87. The Morgan fingerprint density at radius 2 is 1.65 bits per heavy atom. The average Bonchev–Trinajstić information content (AvgIpc) is 3.41. The van der Waals surface area contributed by atoms with Crippen LogP contribution in [0.4, 0.5) is 0 Å². The van der Waals surface area contributed by atoms with Crippen molar-refractivity contribution < 1.29 is 18.7 Å². The van der Waals surface area contributed by atoms with Gasteiger partial charge in [-0.15, -0.1) is 0 Å². The molecule has 1 saturated heterocycles. The molecule has 6 nitrogen and oxygen atoms in total. The molecule has 4 rings (SSSR count). The van der Waals surface area contributed by atoms with E-state index in [1.165, 1.54) is 18.0 Å². The van der Waals surface area contributed by atoms with E-state index in [9.17, 15) is 9.59 Å². The summed E-state index contributed by atoms with van der Waals surface area (Å²) >= 11 is 14.6. The largest absolute Gasteiger partial charge is 0.496 e. The third kappa shape index (κ3) is 4.97. The molecule has 0 N–H and O–H groups in total. The van der Waals surface area contributed by atoms with Gasteiger partial charge in [0.25, 0.3) is 11.8 Å². The molecule has 0 bridgehead atoms. The molecule has 34 heavy (non-hydrogen) atoms. The Morgan fingerprint density at radius 1 is 0.941 bits per heavy atom. The molecule has 1 aromatic heterocycles. The lowest BCUT2D eigenvalue weighted by Gasteiger charge is -2.34. The molecule has 1 aliphatic rings. The first-order valence-electron chi connectivity index (χ1n) is 10.5. The third-order valence-corrected chi connectivity index (χ3v) is 7.62. The molecular formula is C25H22Cl2N2O4S. The number of rotatable bonds is 6. The van der Waals surface area contributed by atoms with Crippen molar-refractivity contribution in [1.29, 1.82) is 0 Å². The highest BCUT2D eigenvalue weighted by molar-refractivity contribution is 7.99. The van der Waals surface area contributed by atoms with E-state index in [0.29, 0.717) is 36.8 Å². The molecule has 0 saturated carbocycles. The molecule has 3 aromatic rings. The van der Waals surface area contributed by atoms with Crippen molar-refractivity contribution in [3.05, 3.63) is 82.7 Å². The van der Waals surface area contributed by atoms with Crippen LogP contribution in [0.15, 0.2) is 75.6 Å². The van der Waals surface area contributed by atoms with Gasteiger partial charge in [0, 0.05) is 42.2 Å². The highest BCUT2D eigenvalue weighted by Gasteiger charge is 2.28. The van der Waals surface area contributed by atoms with Crippen LogP contribution in [0.25, 0.3) is 5.57 Å². The van der Waals surface area contributed by atoms with Gasteiger partial charge in [0.15, 0.2) is 5.76 Å². The Kier molecular flexibility index (Phi) is 7.56. The van der Waals surface area contributed by atoms with Crippen LogP contribution in [-0.4, -0.2) is 54.9 Å². The SMILES string of the molecule is C=C(C(=O)N1CCN(C(=O)c2ccco2)CC1)c1ccc(Sc2ccccc2OC)c(Cl)c1Cl. The second kappa shape index (κ2) is 10.6. The van der Waals surface area contributed by atoms with Crippen molar-refractivity contribution in [1.82, 2.24) is 9.80 Å². The highest BCUT2D eigenvalue weighted by Crippen LogP contribution is 2.43. The normalized spacial score (nSPS) is 13.6. The van der Waals surface area contributed by atoms with E-state index >= 15 is 0 Å². The number of nitrogens with zero attached hydrogens (tertiary/aromatic N) is 2. The Labute approximate surface area is 212 Å². The molecule has 0 radical (unpaired) electrons. The van der Waals surface area contributed by atoms with Crippen molar-refractivity contribution >= 4 is 52.4 Å². The van der Waals surface area contributed by atoms with E-state index in [2.05, 4.69) is 6.58 Å². The van der Waals surface area contributed by atoms with Gasteiger partial charge >= 0.3 is 0 Å². The summed E-state index contributed by atoms with van der Waals surface area (Å²) in [5, 5.41) is 0.615. The molecule has 176 valence electrons. The van der Waals surface area contributed by atoms with E-state index in [-0.39, 0.29) is 28.2 Å². The molecule has 0 atom stereocenters. The number of piperazine rings is 1. The number of benzene rings is 2. The number of carbonyl (C=O) groups excluding carboxylic acids is 2. The summed E-state index contributed by atoms with van der Waals surface area (Å²) < 4.78 is 10.6. The van der Waals surface area contributed by atoms with E-state index in [1.54, 1.807) is 35.1 Å². The fraction of sp³-hybridized carbons (Fsp3) is 0.200. The summed E-state index contributed by atoms with van der Waals surface area (Å²) in [6, 6.07) is 14.5. The van der Waals surface area contributed by atoms with Gasteiger partial charge in [-0.1, -0.05) is 59.7 Å². The number of amides is 2. The van der Waals surface area contributed by atoms with Gasteiger partial charge in [0.1, 0.15) is 5.75 Å². The maximum atomic E-state index is 13.1. The molecule has 2 aromatic carbocycles. The first-order valence-corrected chi connectivity index (χ1v) is 12.1. The number of hydrogen-bond donors (Lipinski definition) is 0. The molecule has 0 spiro atoms. The van der Waals surface area contributed by atoms with Gasteiger partial charge in [-0.2, -0.15) is 0 Å². The lowest BCUT2D eigenvalue weighted by atomic mass is 10.1. The van der Waals surface area contributed by atoms with Gasteiger partial charge in [-0.05, 0) is 30.3 Å². The zero-order valence-electron chi connectivity index (χ0n) is 18.4. The second-order valence-electron chi connectivity index (χ2n) is 7.53. The van der Waals surface area contributed by atoms with E-state index in [1.807, 2.05) is 30.3 Å². The minimum absolute atomic E-state index is 0.186. The van der Waals surface area contributed by atoms with Gasteiger partial charge in [0.05, 0.1) is 28.3 Å². The highest BCUT2D eigenvalue weighted by atomic mass is 35.5. The maximum Gasteiger partial charge on any atom is 0.289 e. The molecule has 2 amide bonds. The zero-order chi connectivity index (χ0) is 24.2. The number of hydrogen-bond acceptors (Lipinski definition) is 5. The summed E-state index contributed by atoms with van der Waals surface area (Å²) in [4.78, 5) is 30.5. The Morgan fingerprint density at radius 3 is 2.32 bits per heavy atom. The minimum Gasteiger partial charge on any atom is -0.496 e. The van der Waals surface area contributed by atoms with E-state index in [0.717, 1.165) is 15.5 Å². The maximum absolute atomic E-state index is 13.1. The summed E-state index contributed by atoms with van der Waals surface area (Å²) in [6.07, 6.45) is 1.46. The predicted octanol–water partition coefficient (Wildman–Crippen LogP) is 5.74. The average molecular weight is 517 g/mol. The number of methoxy groups -OCH3 is 1. The van der Waals surface area contributed by atoms with Crippen molar-refractivity contribution in [2.45, 2.75) is 9.79 Å². The van der Waals surface area contributed by atoms with E-state index < -0.39 is 0 Å². The Bertz CT molecular complexity index is 1220. The van der Waals surface area contributed by atoms with Crippen LogP contribution >= 0.6 is 35.0 Å². The van der Waals surface area contributed by atoms with Crippen LogP contribution in [0.5, 0.6) is 5.75 Å². The molecule has 2 heterocycles. The zero-order valence-corrected chi connectivity index (χ0v) is 20.8. The van der Waals surface area contributed by atoms with Crippen molar-refractivity contribution in [2.75, 3.05) is 33.3 Å². The minimum atomic E-state index is -0.242. The Balaban J connectivity index is 1.44. The molecule has 1 aliphatic heterocycles. The lowest BCUT2D eigenvalue weighted by molar-refractivity contribution is -0.126. The summed E-state index contributed by atoms with van der Waals surface area (Å²) in [5.74, 6) is 0.590. The van der Waals surface area contributed by atoms with Gasteiger partial charge in [-0.3, -0.25) is 9.59 Å². The summed E-state index contributed by atoms with van der Waals surface area (Å²) in [6.45, 7) is 5.56. The fourth-order valence-corrected chi connectivity index (χ4v) is 5.22. The lowest BCUT2D eigenvalue weighted by Crippen LogP contribution is -2.50. The fourth-order valence-electron chi connectivity index (χ4n) is 3.64. The van der Waals surface area contributed by atoms with Crippen molar-refractivity contribution in [3.63, 3.8) is 0 Å². The van der Waals surface area contributed by atoms with Crippen molar-refractivity contribution in [3.8, 4) is 5.75 Å². The van der Waals surface area contributed by atoms with Gasteiger partial charge in [0.2, 0.25) is 0 Å². The predicted molar refractivity (Wildman–Crippen MR) is 134 cm³/mol. The quantitative estimate of drug-likeness (QED) is 0.390. The third-order valence-electron chi connectivity index (χ3n) is 5.51. The van der Waals surface area contributed by atoms with E-state index in [4.69, 9.17) is 32.4 Å². The van der Waals surface area contributed by atoms with Crippen LogP contribution in [0.2, 0.25) is 10.0 Å². The monoisotopic (exact) mass is 516 g/mol. The number of furan rings is 1. The smallest absolute Gasteiger partial charge is 0.289 e. The number of para-hydroxylation sites is 1. The van der Waals surface area contributed by atoms with Crippen LogP contribution in [0, 0.1) is 0 Å². The molecule has 0 aliphatic carbocycles. The standard InChI is InChI=1S/C25H22Cl2N2O4S/c1-16(24(30)28-11-13-29(14-12-28)25(31)19-7-5-15-33-19)17-9-10-21(23(27)22(17)26)34-20-8-4-3-6-18(20)32-2/h3-10,15H,1,11-14H2,2H3. The first kappa shape index (κ1) is 24.3. The molecule has 0 unspecified atom stereocenters. The first-order chi connectivity index (χ1) is 16.4. The van der Waals surface area contributed by atoms with Crippen LogP contribution in [0.3, 0.4) is 0 Å². The topological polar surface area (TPSA) is 63.0 Å². The van der Waals surface area contributed by atoms with Crippen LogP contribution in [-0.2, 0) is 4.79 Å². The number of ether oxygens (including phenoxy) is 1. The molecule has 1 fully saturated rings. The molecule has 9 heteroatoms. The summed E-state index contributed by atoms with van der Waals surface area (Å²) in [7, 11) is 1.61. The van der Waals surface area contributed by atoms with Crippen LogP contribution < -0.4 is 4.74 Å². The van der Waals surface area contributed by atoms with Crippen molar-refractivity contribution in [2.24, 2.45) is 0 Å². The van der Waals surface area contributed by atoms with Gasteiger partial charge in [-0.25, -0.2) is 0 Å². The van der Waals surface area contributed by atoms with Gasteiger partial charge < -0.3 is 19.0 Å². The molecular weight excluding hydrogens is 495 g/mol. The summed E-state index contributed by atoms with van der Waals surface area (Å²) in [5.41, 5.74) is 0.738. The number of halogens is 2.